The molecule has 3 heterocycles. The summed E-state index contributed by atoms with van der Waals surface area (Å²) in [5, 5.41) is 16.5. The van der Waals surface area contributed by atoms with Crippen LogP contribution in [0.25, 0.3) is 0 Å². The standard InChI is InChI=1S/C37H45ClN4O6Si/c1-24-34(49(2,3)47)32(21-33(44)41(17-18-43)22-25-9-5-4-6-10-25)48-37(24)29-20-27(38)14-15-31(29)42(36(37)46)23-26-11-7-12-28(19-26)40-35(45)30-13-8-16-39-30/h4-7,9-12,14-15,19-20,24,30,32,34,39,43,47H,8,13,16-18,21-23H2,1-3H3,(H,40,45)/t24-,30+,32+,34-,37+/m0/s1. The van der Waals surface area contributed by atoms with E-state index in [1.165, 1.54) is 0 Å². The zero-order valence-electron chi connectivity index (χ0n) is 28.2. The van der Waals surface area contributed by atoms with Crippen LogP contribution in [-0.4, -0.2) is 72.7 Å². The van der Waals surface area contributed by atoms with Gasteiger partial charge in [0.05, 0.1) is 37.4 Å². The van der Waals surface area contributed by atoms with Crippen LogP contribution in [0, 0.1) is 5.92 Å². The summed E-state index contributed by atoms with van der Waals surface area (Å²) >= 11 is 6.56. The lowest BCUT2D eigenvalue weighted by Gasteiger charge is -2.32. The summed E-state index contributed by atoms with van der Waals surface area (Å²) in [5.74, 6) is -1.06. The lowest BCUT2D eigenvalue weighted by atomic mass is 9.82. The minimum absolute atomic E-state index is 0.0542. The smallest absolute Gasteiger partial charge is 0.264 e. The first-order valence-electron chi connectivity index (χ1n) is 17.0. The van der Waals surface area contributed by atoms with Crippen molar-refractivity contribution >= 4 is 49.0 Å². The third kappa shape index (κ3) is 7.06. The molecule has 3 amide bonds. The molecule has 0 unspecified atom stereocenters. The Morgan fingerprint density at radius 1 is 1.10 bits per heavy atom. The van der Waals surface area contributed by atoms with Crippen LogP contribution in [0.4, 0.5) is 11.4 Å². The van der Waals surface area contributed by atoms with Gasteiger partial charge in [0, 0.05) is 40.8 Å². The molecule has 0 aromatic heterocycles. The number of nitrogens with one attached hydrogen (secondary N) is 2. The number of nitrogens with zero attached hydrogens (tertiary/aromatic N) is 2. The zero-order valence-corrected chi connectivity index (χ0v) is 30.0. The molecule has 2 fully saturated rings. The van der Waals surface area contributed by atoms with Crippen molar-refractivity contribution in [2.45, 2.75) is 75.7 Å². The number of rotatable bonds is 11. The normalized spacial score (nSPS) is 24.8. The number of aliphatic hydroxyl groups is 1. The van der Waals surface area contributed by atoms with Crippen molar-refractivity contribution in [2.24, 2.45) is 5.92 Å². The maximum Gasteiger partial charge on any atom is 0.264 e. The van der Waals surface area contributed by atoms with E-state index < -0.39 is 31.5 Å². The van der Waals surface area contributed by atoms with Gasteiger partial charge in [-0.25, -0.2) is 0 Å². The number of halogens is 1. The molecule has 1 spiro atoms. The fourth-order valence-corrected chi connectivity index (χ4v) is 10.7. The number of aliphatic hydroxyl groups excluding tert-OH is 1. The molecule has 4 N–H and O–H groups in total. The van der Waals surface area contributed by atoms with Crippen LogP contribution in [0.1, 0.15) is 42.9 Å². The number of anilines is 2. The average Bonchev–Trinajstić information content (AvgIpc) is 3.76. The molecule has 0 bridgehead atoms. The molecule has 49 heavy (non-hydrogen) atoms. The average molecular weight is 705 g/mol. The number of fused-ring (bicyclic) bond motifs is 2. The Balaban J connectivity index is 1.29. The van der Waals surface area contributed by atoms with Crippen LogP contribution in [0.15, 0.2) is 72.8 Å². The van der Waals surface area contributed by atoms with Gasteiger partial charge in [0.25, 0.3) is 5.91 Å². The Kier molecular flexibility index (Phi) is 10.3. The molecule has 0 aliphatic carbocycles. The van der Waals surface area contributed by atoms with E-state index >= 15 is 0 Å². The Morgan fingerprint density at radius 3 is 2.55 bits per heavy atom. The second-order valence-corrected chi connectivity index (χ2v) is 18.4. The van der Waals surface area contributed by atoms with Gasteiger partial charge in [-0.3, -0.25) is 14.4 Å². The van der Waals surface area contributed by atoms with Gasteiger partial charge in [-0.15, -0.1) is 0 Å². The predicted molar refractivity (Wildman–Crippen MR) is 191 cm³/mol. The Labute approximate surface area is 293 Å². The van der Waals surface area contributed by atoms with Crippen molar-refractivity contribution in [2.75, 3.05) is 29.9 Å². The number of benzene rings is 3. The van der Waals surface area contributed by atoms with E-state index in [2.05, 4.69) is 10.6 Å². The number of carbonyl (C=O) groups excluding carboxylic acids is 3. The summed E-state index contributed by atoms with van der Waals surface area (Å²) in [6, 6.07) is 22.1. The summed E-state index contributed by atoms with van der Waals surface area (Å²) in [5.41, 5.74) is 1.73. The third-order valence-corrected chi connectivity index (χ3v) is 12.9. The highest BCUT2D eigenvalue weighted by atomic mass is 35.5. The number of hydrogen-bond acceptors (Lipinski definition) is 7. The summed E-state index contributed by atoms with van der Waals surface area (Å²) < 4.78 is 6.86. The highest BCUT2D eigenvalue weighted by Gasteiger charge is 2.66. The first-order valence-corrected chi connectivity index (χ1v) is 20.4. The van der Waals surface area contributed by atoms with Gasteiger partial charge in [-0.2, -0.15) is 0 Å². The van der Waals surface area contributed by atoms with E-state index in [0.29, 0.717) is 28.5 Å². The molecule has 0 radical (unpaired) electrons. The highest BCUT2D eigenvalue weighted by Crippen LogP contribution is 2.60. The predicted octanol–water partition coefficient (Wildman–Crippen LogP) is 4.79. The lowest BCUT2D eigenvalue weighted by molar-refractivity contribution is -0.150. The zero-order chi connectivity index (χ0) is 34.9. The first-order chi connectivity index (χ1) is 23.4. The van der Waals surface area contributed by atoms with Crippen LogP contribution in [0.2, 0.25) is 23.7 Å². The second-order valence-electron chi connectivity index (χ2n) is 14.0. The number of hydrogen-bond donors (Lipinski definition) is 4. The molecule has 3 aromatic carbocycles. The van der Waals surface area contributed by atoms with Crippen molar-refractivity contribution in [3.8, 4) is 0 Å². The SMILES string of the molecule is C[C@H]1[C@H]([Si](C)(C)O)[C@@H](CC(=O)N(CCO)Cc2ccccc2)O[C@]12C(=O)N(Cc1cccc(NC(=O)[C@H]3CCCN3)c1)c1ccc(Cl)cc12. The van der Waals surface area contributed by atoms with Gasteiger partial charge in [0.1, 0.15) is 0 Å². The van der Waals surface area contributed by atoms with E-state index in [1.54, 1.807) is 21.9 Å². The third-order valence-electron chi connectivity index (χ3n) is 10.2. The van der Waals surface area contributed by atoms with Crippen molar-refractivity contribution in [1.82, 2.24) is 10.2 Å². The number of carbonyl (C=O) groups is 3. The molecular formula is C37H45ClN4O6Si. The van der Waals surface area contributed by atoms with Crippen LogP contribution in [0.5, 0.6) is 0 Å². The fourth-order valence-electron chi connectivity index (χ4n) is 7.99. The lowest BCUT2D eigenvalue weighted by Crippen LogP contribution is -2.46. The van der Waals surface area contributed by atoms with Crippen molar-refractivity contribution < 1.29 is 29.0 Å². The molecule has 5 atom stereocenters. The van der Waals surface area contributed by atoms with Crippen molar-refractivity contribution in [3.63, 3.8) is 0 Å². The summed E-state index contributed by atoms with van der Waals surface area (Å²) in [4.78, 5) is 56.4. The Bertz CT molecular complexity index is 1700. The van der Waals surface area contributed by atoms with Gasteiger partial charge < -0.3 is 35.1 Å². The van der Waals surface area contributed by atoms with E-state index in [1.807, 2.05) is 80.7 Å². The van der Waals surface area contributed by atoms with Gasteiger partial charge >= 0.3 is 0 Å². The first kappa shape index (κ1) is 35.3. The minimum atomic E-state index is -3.03. The van der Waals surface area contributed by atoms with E-state index in [9.17, 15) is 24.3 Å². The van der Waals surface area contributed by atoms with E-state index in [0.717, 1.165) is 30.5 Å². The molecule has 0 saturated carbocycles. The Hall–Kier alpha value is -3.58. The van der Waals surface area contributed by atoms with Crippen LogP contribution in [-0.2, 0) is 37.8 Å². The molecule has 3 aliphatic rings. The highest BCUT2D eigenvalue weighted by molar-refractivity contribution is 6.71. The molecule has 3 aliphatic heterocycles. The van der Waals surface area contributed by atoms with Crippen LogP contribution in [0.3, 0.4) is 0 Å². The number of ether oxygens (including phenoxy) is 1. The second kappa shape index (κ2) is 14.3. The molecule has 2 saturated heterocycles. The van der Waals surface area contributed by atoms with Crippen molar-refractivity contribution in [3.05, 3.63) is 94.5 Å². The molecular weight excluding hydrogens is 660 g/mol. The maximum absolute atomic E-state index is 14.8. The van der Waals surface area contributed by atoms with E-state index in [-0.39, 0.29) is 49.9 Å². The van der Waals surface area contributed by atoms with Crippen molar-refractivity contribution in [1.29, 1.82) is 0 Å². The topological polar surface area (TPSA) is 131 Å². The van der Waals surface area contributed by atoms with Gasteiger partial charge in [-0.1, -0.05) is 61.0 Å². The monoisotopic (exact) mass is 704 g/mol. The summed E-state index contributed by atoms with van der Waals surface area (Å²) in [6.07, 6.45) is 0.952. The molecule has 12 heteroatoms. The quantitative estimate of drug-likeness (QED) is 0.211. The van der Waals surface area contributed by atoms with Gasteiger partial charge in [0.2, 0.25) is 11.8 Å². The minimum Gasteiger partial charge on any atom is -0.432 e. The maximum atomic E-state index is 14.8. The van der Waals surface area contributed by atoms with E-state index in [4.69, 9.17) is 16.3 Å². The molecule has 6 rings (SSSR count). The molecule has 260 valence electrons. The van der Waals surface area contributed by atoms with Gasteiger partial charge in [-0.05, 0) is 73.9 Å². The molecule has 3 aromatic rings. The Morgan fingerprint density at radius 2 is 1.86 bits per heavy atom. The number of amides is 3. The summed E-state index contributed by atoms with van der Waals surface area (Å²) in [7, 11) is -3.03. The molecule has 10 nitrogen and oxygen atoms in total. The van der Waals surface area contributed by atoms with Crippen LogP contribution >= 0.6 is 11.6 Å². The fraction of sp³-hybridized carbons (Fsp3) is 0.432. The van der Waals surface area contributed by atoms with Gasteiger partial charge in [0.15, 0.2) is 13.9 Å². The largest absolute Gasteiger partial charge is 0.432 e. The summed E-state index contributed by atoms with van der Waals surface area (Å²) in [6.45, 7) is 6.87. The van der Waals surface area contributed by atoms with Crippen LogP contribution < -0.4 is 15.5 Å².